The molecule has 0 fully saturated rings. The van der Waals surface area contributed by atoms with Crippen LogP contribution in [0.5, 0.6) is 0 Å². The molecule has 0 radical (unpaired) electrons. The van der Waals surface area contributed by atoms with Gasteiger partial charge in [0, 0.05) is 7.05 Å². The van der Waals surface area contributed by atoms with Crippen LogP contribution in [0.25, 0.3) is 11.2 Å². The summed E-state index contributed by atoms with van der Waals surface area (Å²) in [6.07, 6.45) is 2.00. The van der Waals surface area contributed by atoms with Crippen LogP contribution in [0, 0.1) is 0 Å². The van der Waals surface area contributed by atoms with E-state index < -0.39 is 17.3 Å². The predicted octanol–water partition coefficient (Wildman–Crippen LogP) is 1.20. The minimum atomic E-state index is -0.524. The van der Waals surface area contributed by atoms with Gasteiger partial charge in [0.05, 0.1) is 12.6 Å². The number of hydrogen-bond acceptors (Lipinski definition) is 5. The molecule has 8 nitrogen and oxygen atoms in total. The molecule has 8 heteroatoms. The monoisotopic (exact) mass is 349 g/mol. The Balaban J connectivity index is 2.69. The average molecular weight is 349 g/mol. The molecule has 2 rings (SSSR count). The molecule has 1 atom stereocenters. The molecule has 0 aliphatic rings. The quantitative estimate of drug-likeness (QED) is 0.773. The van der Waals surface area contributed by atoms with Gasteiger partial charge in [0.15, 0.2) is 16.9 Å². The summed E-state index contributed by atoms with van der Waals surface area (Å²) in [6.45, 7) is 9.80. The van der Waals surface area contributed by atoms with E-state index in [1.54, 1.807) is 18.5 Å². The van der Waals surface area contributed by atoms with Crippen LogP contribution in [0.2, 0.25) is 0 Å². The highest BCUT2D eigenvalue weighted by Crippen LogP contribution is 2.20. The number of imidazole rings is 1. The highest BCUT2D eigenvalue weighted by atomic mass is 16.2. The molecule has 25 heavy (non-hydrogen) atoms. The van der Waals surface area contributed by atoms with Gasteiger partial charge in [0.25, 0.3) is 5.56 Å². The predicted molar refractivity (Wildman–Crippen MR) is 96.8 cm³/mol. The van der Waals surface area contributed by atoms with Crippen molar-refractivity contribution in [2.45, 2.75) is 53.1 Å². The fourth-order valence-corrected chi connectivity index (χ4v) is 3.06. The van der Waals surface area contributed by atoms with E-state index in [0.29, 0.717) is 18.0 Å². The molecular weight excluding hydrogens is 322 g/mol. The Hall–Kier alpha value is -2.22. The van der Waals surface area contributed by atoms with E-state index in [1.807, 2.05) is 0 Å². The standard InChI is InChI=1S/C17H27N5O3/c1-6-8-21(9-7-2)10-13-18-15-14(22(13)11(3)12(4)23)16(24)19-17(25)20(15)5/h11H,6-10H2,1-5H3,(H,19,24,25)/t11-/m1/s1. The van der Waals surface area contributed by atoms with E-state index in [0.717, 1.165) is 25.9 Å². The summed E-state index contributed by atoms with van der Waals surface area (Å²) >= 11 is 0. The molecule has 0 saturated heterocycles. The molecule has 2 heterocycles. The summed E-state index contributed by atoms with van der Waals surface area (Å²) < 4.78 is 2.99. The van der Waals surface area contributed by atoms with Crippen LogP contribution in [0.3, 0.4) is 0 Å². The van der Waals surface area contributed by atoms with E-state index in [1.165, 1.54) is 11.5 Å². The molecular formula is C17H27N5O3. The van der Waals surface area contributed by atoms with Crippen LogP contribution in [-0.2, 0) is 18.4 Å². The Bertz CT molecular complexity index is 871. The molecule has 2 aromatic heterocycles. The third kappa shape index (κ3) is 3.73. The van der Waals surface area contributed by atoms with Gasteiger partial charge in [-0.05, 0) is 39.8 Å². The van der Waals surface area contributed by atoms with Crippen molar-refractivity contribution in [3.8, 4) is 0 Å². The molecule has 2 aromatic rings. The number of nitrogens with one attached hydrogen (secondary N) is 1. The molecule has 0 aliphatic heterocycles. The fraction of sp³-hybridized carbons (Fsp3) is 0.647. The number of aryl methyl sites for hydroxylation is 1. The van der Waals surface area contributed by atoms with Gasteiger partial charge in [-0.2, -0.15) is 0 Å². The van der Waals surface area contributed by atoms with Gasteiger partial charge < -0.3 is 4.57 Å². The summed E-state index contributed by atoms with van der Waals surface area (Å²) in [5, 5.41) is 0. The zero-order valence-electron chi connectivity index (χ0n) is 15.6. The van der Waals surface area contributed by atoms with Gasteiger partial charge in [-0.15, -0.1) is 0 Å². The first-order valence-corrected chi connectivity index (χ1v) is 8.74. The lowest BCUT2D eigenvalue weighted by atomic mass is 10.2. The molecule has 1 N–H and O–H groups in total. The second kappa shape index (κ2) is 7.77. The number of carbonyl (C=O) groups is 1. The molecule has 0 unspecified atom stereocenters. The molecule has 0 aromatic carbocycles. The average Bonchev–Trinajstić information content (AvgIpc) is 2.92. The summed E-state index contributed by atoms with van der Waals surface area (Å²) in [4.78, 5) is 45.4. The van der Waals surface area contributed by atoms with E-state index >= 15 is 0 Å². The van der Waals surface area contributed by atoms with Crippen LogP contribution in [0.4, 0.5) is 0 Å². The first-order chi connectivity index (χ1) is 11.8. The summed E-state index contributed by atoms with van der Waals surface area (Å²) in [5.41, 5.74) is -0.442. The lowest BCUT2D eigenvalue weighted by Gasteiger charge is -2.22. The van der Waals surface area contributed by atoms with Crippen molar-refractivity contribution in [2.24, 2.45) is 7.05 Å². The maximum atomic E-state index is 12.4. The van der Waals surface area contributed by atoms with E-state index in [2.05, 4.69) is 28.7 Å². The van der Waals surface area contributed by atoms with Gasteiger partial charge in [0.2, 0.25) is 0 Å². The first kappa shape index (κ1) is 19.1. The van der Waals surface area contributed by atoms with Crippen molar-refractivity contribution in [3.05, 3.63) is 26.7 Å². The maximum absolute atomic E-state index is 12.4. The number of rotatable bonds is 8. The van der Waals surface area contributed by atoms with Gasteiger partial charge in [-0.3, -0.25) is 24.0 Å². The van der Waals surface area contributed by atoms with Crippen molar-refractivity contribution in [1.82, 2.24) is 24.0 Å². The minimum absolute atomic E-state index is 0.0636. The topological polar surface area (TPSA) is 93.0 Å². The zero-order valence-corrected chi connectivity index (χ0v) is 15.6. The Morgan fingerprint density at radius 1 is 1.24 bits per heavy atom. The number of hydrogen-bond donors (Lipinski definition) is 1. The van der Waals surface area contributed by atoms with Crippen molar-refractivity contribution < 1.29 is 4.79 Å². The van der Waals surface area contributed by atoms with Crippen LogP contribution >= 0.6 is 0 Å². The molecule has 0 amide bonds. The van der Waals surface area contributed by atoms with Crippen molar-refractivity contribution in [2.75, 3.05) is 13.1 Å². The molecule has 138 valence electrons. The third-order valence-electron chi connectivity index (χ3n) is 4.44. The lowest BCUT2D eigenvalue weighted by Crippen LogP contribution is -2.31. The highest BCUT2D eigenvalue weighted by molar-refractivity contribution is 5.82. The number of H-pyrrole nitrogens is 1. The largest absolute Gasteiger partial charge is 0.329 e. The van der Waals surface area contributed by atoms with Crippen LogP contribution in [-0.4, -0.2) is 42.9 Å². The zero-order chi connectivity index (χ0) is 18.7. The second-order valence-corrected chi connectivity index (χ2v) is 6.45. The van der Waals surface area contributed by atoms with Crippen LogP contribution in [0.15, 0.2) is 9.59 Å². The minimum Gasteiger partial charge on any atom is -0.311 e. The number of fused-ring (bicyclic) bond motifs is 1. The molecule has 0 aliphatic carbocycles. The first-order valence-electron chi connectivity index (χ1n) is 8.74. The van der Waals surface area contributed by atoms with Gasteiger partial charge in [-0.25, -0.2) is 9.78 Å². The maximum Gasteiger partial charge on any atom is 0.329 e. The lowest BCUT2D eigenvalue weighted by molar-refractivity contribution is -0.119. The van der Waals surface area contributed by atoms with E-state index in [-0.39, 0.29) is 11.3 Å². The second-order valence-electron chi connectivity index (χ2n) is 6.45. The van der Waals surface area contributed by atoms with E-state index in [4.69, 9.17) is 0 Å². The Morgan fingerprint density at radius 3 is 2.36 bits per heavy atom. The molecule has 0 spiro atoms. The van der Waals surface area contributed by atoms with Crippen molar-refractivity contribution >= 4 is 16.9 Å². The fourth-order valence-electron chi connectivity index (χ4n) is 3.06. The van der Waals surface area contributed by atoms with Crippen LogP contribution in [0.1, 0.15) is 52.4 Å². The SMILES string of the molecule is CCCN(CCC)Cc1nc2c(c(=O)[nH]c(=O)n2C)n1[C@H](C)C(C)=O. The summed E-state index contributed by atoms with van der Waals surface area (Å²) in [6, 6.07) is -0.524. The molecule has 0 saturated carbocycles. The normalized spacial score (nSPS) is 12.9. The van der Waals surface area contributed by atoms with Crippen molar-refractivity contribution in [1.29, 1.82) is 0 Å². The van der Waals surface area contributed by atoms with Crippen LogP contribution < -0.4 is 11.2 Å². The van der Waals surface area contributed by atoms with Gasteiger partial charge in [-0.1, -0.05) is 13.8 Å². The smallest absolute Gasteiger partial charge is 0.311 e. The highest BCUT2D eigenvalue weighted by Gasteiger charge is 2.24. The number of aromatic nitrogens is 4. The number of nitrogens with zero attached hydrogens (tertiary/aromatic N) is 4. The van der Waals surface area contributed by atoms with E-state index in [9.17, 15) is 14.4 Å². The Morgan fingerprint density at radius 2 is 1.84 bits per heavy atom. The van der Waals surface area contributed by atoms with Crippen molar-refractivity contribution in [3.63, 3.8) is 0 Å². The number of Topliss-reactive ketones (excluding diaryl/α,β-unsaturated/α-hetero) is 1. The Kier molecular flexibility index (Phi) is 5.94. The summed E-state index contributed by atoms with van der Waals surface area (Å²) in [7, 11) is 1.57. The Labute approximate surface area is 146 Å². The number of ketones is 1. The third-order valence-corrected chi connectivity index (χ3v) is 4.44. The number of aromatic amines is 1. The van der Waals surface area contributed by atoms with Gasteiger partial charge in [0.1, 0.15) is 5.82 Å². The number of carbonyl (C=O) groups excluding carboxylic acids is 1. The molecule has 0 bridgehead atoms. The van der Waals surface area contributed by atoms with Gasteiger partial charge >= 0.3 is 5.69 Å². The summed E-state index contributed by atoms with van der Waals surface area (Å²) in [5.74, 6) is 0.567.